The second kappa shape index (κ2) is 4.41. The first-order chi connectivity index (χ1) is 6.61. The van der Waals surface area contributed by atoms with Crippen molar-refractivity contribution in [2.45, 2.75) is 13.8 Å². The molecule has 0 aliphatic rings. The van der Waals surface area contributed by atoms with Crippen LogP contribution in [0, 0.1) is 6.92 Å². The van der Waals surface area contributed by atoms with E-state index < -0.39 is 0 Å². The van der Waals surface area contributed by atoms with Crippen molar-refractivity contribution in [3.05, 3.63) is 35.4 Å². The minimum Gasteiger partial charge on any atom is -0.369 e. The van der Waals surface area contributed by atoms with Crippen LogP contribution in [0.15, 0.2) is 34.5 Å². The van der Waals surface area contributed by atoms with Gasteiger partial charge in [-0.05, 0) is 19.4 Å². The van der Waals surface area contributed by atoms with E-state index in [1.807, 2.05) is 38.1 Å². The van der Waals surface area contributed by atoms with E-state index >= 15 is 0 Å². The van der Waals surface area contributed by atoms with Gasteiger partial charge >= 0.3 is 0 Å². The van der Waals surface area contributed by atoms with Crippen molar-refractivity contribution in [2.24, 2.45) is 21.7 Å². The monoisotopic (exact) mass is 190 g/mol. The number of nitrogens with zero attached hydrogens (tertiary/aromatic N) is 2. The summed E-state index contributed by atoms with van der Waals surface area (Å²) in [6.45, 7) is 3.89. The predicted molar refractivity (Wildman–Crippen MR) is 59.2 cm³/mol. The highest BCUT2D eigenvalue weighted by Gasteiger charge is 1.99. The summed E-state index contributed by atoms with van der Waals surface area (Å²) in [7, 11) is 0. The lowest BCUT2D eigenvalue weighted by Crippen LogP contribution is -2.22. The summed E-state index contributed by atoms with van der Waals surface area (Å²) < 4.78 is 0. The van der Waals surface area contributed by atoms with Gasteiger partial charge < -0.3 is 11.5 Å². The number of aryl methyl sites for hydroxylation is 1. The van der Waals surface area contributed by atoms with Crippen LogP contribution in [0.2, 0.25) is 0 Å². The zero-order valence-corrected chi connectivity index (χ0v) is 8.36. The molecule has 0 atom stereocenters. The molecule has 0 aliphatic carbocycles. The van der Waals surface area contributed by atoms with Gasteiger partial charge in [0.25, 0.3) is 0 Å². The summed E-state index contributed by atoms with van der Waals surface area (Å²) >= 11 is 0. The summed E-state index contributed by atoms with van der Waals surface area (Å²) in [6.07, 6.45) is 0. The Morgan fingerprint density at radius 2 is 1.79 bits per heavy atom. The fraction of sp³-hybridized carbons (Fsp3) is 0.200. The van der Waals surface area contributed by atoms with Crippen molar-refractivity contribution in [1.82, 2.24) is 0 Å². The van der Waals surface area contributed by atoms with Crippen LogP contribution in [0.4, 0.5) is 0 Å². The maximum atomic E-state index is 5.18. The molecule has 4 nitrogen and oxygen atoms in total. The fourth-order valence-electron chi connectivity index (χ4n) is 1.17. The molecule has 0 aromatic heterocycles. The molecule has 0 fully saturated rings. The molecule has 0 unspecified atom stereocenters. The number of nitrogens with two attached hydrogens (primary N) is 2. The normalized spacial score (nSPS) is 11.1. The van der Waals surface area contributed by atoms with E-state index in [1.54, 1.807) is 0 Å². The summed E-state index contributed by atoms with van der Waals surface area (Å²) in [5.74, 6) is -0.0297. The van der Waals surface area contributed by atoms with Crippen molar-refractivity contribution < 1.29 is 0 Å². The first-order valence-corrected chi connectivity index (χ1v) is 4.30. The van der Waals surface area contributed by atoms with Crippen LogP contribution in [0.3, 0.4) is 0 Å². The second-order valence-corrected chi connectivity index (χ2v) is 3.03. The van der Waals surface area contributed by atoms with E-state index in [9.17, 15) is 0 Å². The fourth-order valence-corrected chi connectivity index (χ4v) is 1.17. The second-order valence-electron chi connectivity index (χ2n) is 3.03. The number of hydrogen-bond donors (Lipinski definition) is 2. The Morgan fingerprint density at radius 3 is 2.36 bits per heavy atom. The third kappa shape index (κ3) is 2.58. The van der Waals surface area contributed by atoms with Gasteiger partial charge in [0.1, 0.15) is 0 Å². The lowest BCUT2D eigenvalue weighted by atomic mass is 10.1. The average Bonchev–Trinajstić information content (AvgIpc) is 2.15. The van der Waals surface area contributed by atoms with Gasteiger partial charge in [-0.2, -0.15) is 5.10 Å². The van der Waals surface area contributed by atoms with Crippen molar-refractivity contribution in [2.75, 3.05) is 0 Å². The molecule has 4 N–H and O–H groups in total. The van der Waals surface area contributed by atoms with Crippen molar-refractivity contribution >= 4 is 11.7 Å². The summed E-state index contributed by atoms with van der Waals surface area (Å²) in [5, 5.41) is 7.51. The highest BCUT2D eigenvalue weighted by molar-refractivity contribution is 6.00. The third-order valence-corrected chi connectivity index (χ3v) is 1.85. The van der Waals surface area contributed by atoms with Gasteiger partial charge in [-0.1, -0.05) is 24.3 Å². The lowest BCUT2D eigenvalue weighted by molar-refractivity contribution is 1.19. The molecule has 0 amide bonds. The molecular formula is C10H14N4. The van der Waals surface area contributed by atoms with Gasteiger partial charge in [-0.25, -0.2) is 0 Å². The Balaban J connectivity index is 3.01. The molecule has 74 valence electrons. The summed E-state index contributed by atoms with van der Waals surface area (Å²) in [5.41, 5.74) is 13.4. The van der Waals surface area contributed by atoms with E-state index in [-0.39, 0.29) is 5.96 Å². The molecule has 0 saturated heterocycles. The molecule has 0 spiro atoms. The number of hydrogen-bond acceptors (Lipinski definition) is 2. The lowest BCUT2D eigenvalue weighted by Gasteiger charge is -2.02. The Hall–Kier alpha value is -1.84. The van der Waals surface area contributed by atoms with Crippen LogP contribution >= 0.6 is 0 Å². The van der Waals surface area contributed by atoms with Crippen molar-refractivity contribution in [3.8, 4) is 0 Å². The van der Waals surface area contributed by atoms with E-state index in [0.717, 1.165) is 16.8 Å². The van der Waals surface area contributed by atoms with E-state index in [2.05, 4.69) is 10.2 Å². The maximum absolute atomic E-state index is 5.18. The van der Waals surface area contributed by atoms with Crippen LogP contribution in [-0.4, -0.2) is 11.7 Å². The van der Waals surface area contributed by atoms with Crippen LogP contribution in [0.5, 0.6) is 0 Å². The van der Waals surface area contributed by atoms with Gasteiger partial charge in [0, 0.05) is 5.56 Å². The number of benzene rings is 1. The van der Waals surface area contributed by atoms with Crippen LogP contribution < -0.4 is 11.5 Å². The summed E-state index contributed by atoms with van der Waals surface area (Å²) in [4.78, 5) is 0. The zero-order valence-electron chi connectivity index (χ0n) is 8.36. The Morgan fingerprint density at radius 1 is 1.14 bits per heavy atom. The molecule has 1 aromatic carbocycles. The maximum Gasteiger partial charge on any atom is 0.211 e. The van der Waals surface area contributed by atoms with Crippen molar-refractivity contribution in [3.63, 3.8) is 0 Å². The Labute approximate surface area is 83.3 Å². The molecular weight excluding hydrogens is 176 g/mol. The average molecular weight is 190 g/mol. The Kier molecular flexibility index (Phi) is 3.23. The van der Waals surface area contributed by atoms with Gasteiger partial charge in [-0.3, -0.25) is 0 Å². The van der Waals surface area contributed by atoms with Gasteiger partial charge in [0.15, 0.2) is 0 Å². The van der Waals surface area contributed by atoms with E-state index in [1.165, 1.54) is 0 Å². The first kappa shape index (κ1) is 10.2. The minimum atomic E-state index is -0.0297. The van der Waals surface area contributed by atoms with Gasteiger partial charge in [0.2, 0.25) is 5.96 Å². The Bertz CT molecular complexity index is 375. The highest BCUT2D eigenvalue weighted by atomic mass is 15.3. The quantitative estimate of drug-likeness (QED) is 0.414. The molecule has 1 rings (SSSR count). The van der Waals surface area contributed by atoms with Gasteiger partial charge in [0.05, 0.1) is 5.71 Å². The molecule has 14 heavy (non-hydrogen) atoms. The highest BCUT2D eigenvalue weighted by Crippen LogP contribution is 2.08. The molecule has 0 bridgehead atoms. The molecule has 0 radical (unpaired) electrons. The molecule has 0 saturated carbocycles. The first-order valence-electron chi connectivity index (χ1n) is 4.30. The van der Waals surface area contributed by atoms with Gasteiger partial charge in [-0.15, -0.1) is 5.10 Å². The molecule has 4 heteroatoms. The zero-order chi connectivity index (χ0) is 10.6. The minimum absolute atomic E-state index is 0.0297. The smallest absolute Gasteiger partial charge is 0.211 e. The van der Waals surface area contributed by atoms with Crippen LogP contribution in [-0.2, 0) is 0 Å². The predicted octanol–water partition coefficient (Wildman–Crippen LogP) is 0.992. The number of guanidine groups is 1. The number of rotatable bonds is 2. The molecule has 0 heterocycles. The topological polar surface area (TPSA) is 76.8 Å². The van der Waals surface area contributed by atoms with Crippen LogP contribution in [0.1, 0.15) is 18.1 Å². The third-order valence-electron chi connectivity index (χ3n) is 1.85. The van der Waals surface area contributed by atoms with Crippen molar-refractivity contribution in [1.29, 1.82) is 0 Å². The molecule has 1 aromatic rings. The largest absolute Gasteiger partial charge is 0.369 e. The molecule has 0 aliphatic heterocycles. The van der Waals surface area contributed by atoms with E-state index in [4.69, 9.17) is 11.5 Å². The summed E-state index contributed by atoms with van der Waals surface area (Å²) in [6, 6.07) is 7.93. The SMILES string of the molecule is CC(=NN=C(N)N)c1ccccc1C. The van der Waals surface area contributed by atoms with Crippen LogP contribution in [0.25, 0.3) is 0 Å². The standard InChI is InChI=1S/C10H14N4/c1-7-5-3-4-6-9(7)8(2)13-14-10(11)12/h3-6H,1-2H3,(H4,11,12,14). The van der Waals surface area contributed by atoms with E-state index in [0.29, 0.717) is 0 Å².